The number of hydrogen-bond acceptors (Lipinski definition) is 5. The number of amides is 1. The largest absolute Gasteiger partial charge is 0.506 e. The predicted molar refractivity (Wildman–Crippen MR) is 111 cm³/mol. The van der Waals surface area contributed by atoms with Crippen LogP contribution in [0.15, 0.2) is 73.2 Å². The third-order valence-corrected chi connectivity index (χ3v) is 4.39. The molecule has 0 bridgehead atoms. The summed E-state index contributed by atoms with van der Waals surface area (Å²) in [5, 5.41) is 21.9. The van der Waals surface area contributed by atoms with Gasteiger partial charge in [0.05, 0.1) is 18.5 Å². The van der Waals surface area contributed by atoms with E-state index in [4.69, 9.17) is 5.11 Å². The van der Waals surface area contributed by atoms with E-state index in [-0.39, 0.29) is 18.3 Å². The van der Waals surface area contributed by atoms with E-state index >= 15 is 0 Å². The van der Waals surface area contributed by atoms with Crippen LogP contribution in [-0.2, 0) is 4.79 Å². The molecule has 0 aliphatic heterocycles. The topological polar surface area (TPSA) is 111 Å². The minimum atomic E-state index is -0.309. The SMILES string of the molecule is O=C(/C=C/CO)Nc1cccc(-c2cnc3[nH]cc(-c4ccc(O)cn4)c3c2)c1. The molecule has 0 atom stereocenters. The molecule has 3 aromatic heterocycles. The summed E-state index contributed by atoms with van der Waals surface area (Å²) in [5.41, 5.74) is 4.77. The van der Waals surface area contributed by atoms with Gasteiger partial charge < -0.3 is 20.5 Å². The number of aromatic nitrogens is 3. The van der Waals surface area contributed by atoms with E-state index in [1.54, 1.807) is 24.4 Å². The van der Waals surface area contributed by atoms with Gasteiger partial charge in [0, 0.05) is 40.7 Å². The molecule has 29 heavy (non-hydrogen) atoms. The Morgan fingerprint density at radius 3 is 2.79 bits per heavy atom. The molecule has 7 heteroatoms. The number of nitrogens with one attached hydrogen (secondary N) is 2. The summed E-state index contributed by atoms with van der Waals surface area (Å²) < 4.78 is 0. The summed E-state index contributed by atoms with van der Waals surface area (Å²) in [6.07, 6.45) is 7.67. The van der Waals surface area contributed by atoms with Gasteiger partial charge in [-0.05, 0) is 35.9 Å². The summed E-state index contributed by atoms with van der Waals surface area (Å²) in [6.45, 7) is -0.186. The van der Waals surface area contributed by atoms with Crippen molar-refractivity contribution in [2.75, 3.05) is 11.9 Å². The molecule has 4 N–H and O–H groups in total. The van der Waals surface area contributed by atoms with Gasteiger partial charge in [0.2, 0.25) is 5.91 Å². The first kappa shape index (κ1) is 18.4. The maximum Gasteiger partial charge on any atom is 0.248 e. The molecule has 0 radical (unpaired) electrons. The zero-order valence-electron chi connectivity index (χ0n) is 15.3. The van der Waals surface area contributed by atoms with E-state index in [2.05, 4.69) is 20.3 Å². The quantitative estimate of drug-likeness (QED) is 0.393. The first-order chi connectivity index (χ1) is 14.1. The molecule has 0 spiro atoms. The Labute approximate surface area is 166 Å². The van der Waals surface area contributed by atoms with Gasteiger partial charge in [-0.2, -0.15) is 0 Å². The molecule has 0 saturated heterocycles. The third-order valence-electron chi connectivity index (χ3n) is 4.39. The van der Waals surface area contributed by atoms with Gasteiger partial charge in [-0.3, -0.25) is 9.78 Å². The number of aliphatic hydroxyl groups excluding tert-OH is 1. The van der Waals surface area contributed by atoms with E-state index in [0.29, 0.717) is 5.69 Å². The second-order valence-corrected chi connectivity index (χ2v) is 6.38. The van der Waals surface area contributed by atoms with Crippen molar-refractivity contribution in [2.45, 2.75) is 0 Å². The maximum absolute atomic E-state index is 11.8. The highest BCUT2D eigenvalue weighted by Gasteiger charge is 2.11. The fraction of sp³-hybridized carbons (Fsp3) is 0.0455. The number of aromatic hydroxyl groups is 1. The lowest BCUT2D eigenvalue weighted by atomic mass is 10.0. The number of carbonyl (C=O) groups excluding carboxylic acids is 1. The molecule has 4 aromatic rings. The highest BCUT2D eigenvalue weighted by atomic mass is 16.3. The highest BCUT2D eigenvalue weighted by Crippen LogP contribution is 2.31. The minimum Gasteiger partial charge on any atom is -0.506 e. The lowest BCUT2D eigenvalue weighted by Crippen LogP contribution is -2.07. The molecule has 144 valence electrons. The van der Waals surface area contributed by atoms with Crippen LogP contribution in [0.25, 0.3) is 33.4 Å². The number of aliphatic hydroxyl groups is 1. The lowest BCUT2D eigenvalue weighted by Gasteiger charge is -2.07. The Balaban J connectivity index is 1.69. The van der Waals surface area contributed by atoms with Crippen LogP contribution in [0.4, 0.5) is 5.69 Å². The first-order valence-corrected chi connectivity index (χ1v) is 8.95. The second-order valence-electron chi connectivity index (χ2n) is 6.38. The van der Waals surface area contributed by atoms with Crippen molar-refractivity contribution in [3.8, 4) is 28.1 Å². The second kappa shape index (κ2) is 7.95. The molecule has 7 nitrogen and oxygen atoms in total. The number of aromatic amines is 1. The molecule has 0 unspecified atom stereocenters. The zero-order valence-corrected chi connectivity index (χ0v) is 15.3. The summed E-state index contributed by atoms with van der Waals surface area (Å²) >= 11 is 0. The van der Waals surface area contributed by atoms with Crippen molar-refractivity contribution < 1.29 is 15.0 Å². The fourth-order valence-corrected chi connectivity index (χ4v) is 3.04. The van der Waals surface area contributed by atoms with Gasteiger partial charge in [0.25, 0.3) is 0 Å². The number of anilines is 1. The van der Waals surface area contributed by atoms with Crippen molar-refractivity contribution in [3.05, 3.63) is 73.2 Å². The molecular weight excluding hydrogens is 368 g/mol. The van der Waals surface area contributed by atoms with Gasteiger partial charge in [0.15, 0.2) is 0 Å². The number of rotatable bonds is 5. The molecule has 0 aliphatic carbocycles. The normalized spacial score (nSPS) is 11.2. The van der Waals surface area contributed by atoms with Crippen LogP contribution in [0, 0.1) is 0 Å². The lowest BCUT2D eigenvalue weighted by molar-refractivity contribution is -0.111. The number of benzene rings is 1. The van der Waals surface area contributed by atoms with Crippen molar-refractivity contribution in [2.24, 2.45) is 0 Å². The number of nitrogens with zero attached hydrogens (tertiary/aromatic N) is 2. The van der Waals surface area contributed by atoms with Gasteiger partial charge in [-0.15, -0.1) is 0 Å². The zero-order chi connectivity index (χ0) is 20.2. The van der Waals surface area contributed by atoms with Crippen molar-refractivity contribution in [1.82, 2.24) is 15.0 Å². The van der Waals surface area contributed by atoms with Crippen LogP contribution >= 0.6 is 0 Å². The van der Waals surface area contributed by atoms with Gasteiger partial charge >= 0.3 is 0 Å². The summed E-state index contributed by atoms with van der Waals surface area (Å²) in [5.74, 6) is -0.198. The van der Waals surface area contributed by atoms with E-state index in [9.17, 15) is 9.90 Å². The van der Waals surface area contributed by atoms with Gasteiger partial charge in [-0.25, -0.2) is 4.98 Å². The third kappa shape index (κ3) is 3.99. The Hall–Kier alpha value is -3.97. The number of fused-ring (bicyclic) bond motifs is 1. The van der Waals surface area contributed by atoms with Crippen LogP contribution in [0.5, 0.6) is 5.75 Å². The van der Waals surface area contributed by atoms with Crippen LogP contribution in [0.1, 0.15) is 0 Å². The molecular formula is C22H18N4O3. The predicted octanol–water partition coefficient (Wildman–Crippen LogP) is 3.48. The van der Waals surface area contributed by atoms with Crippen LogP contribution in [0.3, 0.4) is 0 Å². The Morgan fingerprint density at radius 2 is 2.00 bits per heavy atom. The Morgan fingerprint density at radius 1 is 1.10 bits per heavy atom. The molecule has 1 aromatic carbocycles. The Kier molecular flexibility index (Phi) is 5.05. The van der Waals surface area contributed by atoms with E-state index < -0.39 is 0 Å². The van der Waals surface area contributed by atoms with Crippen molar-refractivity contribution in [1.29, 1.82) is 0 Å². The standard InChI is InChI=1S/C22H18N4O3/c27-8-2-5-21(29)26-16-4-1-3-14(9-16)15-10-18-19(13-25-22(18)24-11-15)20-7-6-17(28)12-23-20/h1-7,9-13,27-28H,8H2,(H,24,25)(H,26,29)/b5-2+. The highest BCUT2D eigenvalue weighted by molar-refractivity contribution is 6.00. The van der Waals surface area contributed by atoms with Crippen molar-refractivity contribution >= 4 is 22.6 Å². The molecule has 4 rings (SSSR count). The molecule has 0 fully saturated rings. The maximum atomic E-state index is 11.8. The average molecular weight is 386 g/mol. The van der Waals surface area contributed by atoms with E-state index in [0.717, 1.165) is 33.4 Å². The molecule has 0 saturated carbocycles. The van der Waals surface area contributed by atoms with Crippen molar-refractivity contribution in [3.63, 3.8) is 0 Å². The number of hydrogen-bond donors (Lipinski definition) is 4. The van der Waals surface area contributed by atoms with E-state index in [1.165, 1.54) is 18.3 Å². The first-order valence-electron chi connectivity index (χ1n) is 8.95. The monoisotopic (exact) mass is 386 g/mol. The van der Waals surface area contributed by atoms with Crippen LogP contribution < -0.4 is 5.32 Å². The van der Waals surface area contributed by atoms with Crippen LogP contribution in [-0.4, -0.2) is 37.7 Å². The van der Waals surface area contributed by atoms with Gasteiger partial charge in [0.1, 0.15) is 11.4 Å². The van der Waals surface area contributed by atoms with E-state index in [1.807, 2.05) is 30.5 Å². The number of H-pyrrole nitrogens is 1. The summed E-state index contributed by atoms with van der Waals surface area (Å²) in [7, 11) is 0. The molecule has 1 amide bonds. The van der Waals surface area contributed by atoms with Crippen LogP contribution in [0.2, 0.25) is 0 Å². The molecule has 3 heterocycles. The fourth-order valence-electron chi connectivity index (χ4n) is 3.04. The minimum absolute atomic E-state index is 0.111. The average Bonchev–Trinajstić information content (AvgIpc) is 3.16. The number of pyridine rings is 2. The number of carbonyl (C=O) groups is 1. The summed E-state index contributed by atoms with van der Waals surface area (Å²) in [6, 6.07) is 12.8. The Bertz CT molecular complexity index is 1200. The molecule has 0 aliphatic rings. The summed E-state index contributed by atoms with van der Waals surface area (Å²) in [4.78, 5) is 23.7. The van der Waals surface area contributed by atoms with Gasteiger partial charge in [-0.1, -0.05) is 18.2 Å². The smallest absolute Gasteiger partial charge is 0.248 e.